The summed E-state index contributed by atoms with van der Waals surface area (Å²) >= 11 is 0. The van der Waals surface area contributed by atoms with Crippen LogP contribution in [0.1, 0.15) is 35.7 Å². The first-order valence-electron chi connectivity index (χ1n) is 6.59. The predicted octanol–water partition coefficient (Wildman–Crippen LogP) is 3.14. The molecule has 0 saturated carbocycles. The van der Waals surface area contributed by atoms with Gasteiger partial charge in [0.05, 0.1) is 12.2 Å². The summed E-state index contributed by atoms with van der Waals surface area (Å²) in [5, 5.41) is 0. The average Bonchev–Trinajstić information content (AvgIpc) is 2.40. The molecule has 1 aliphatic heterocycles. The molecule has 1 aromatic carbocycles. The van der Waals surface area contributed by atoms with E-state index in [9.17, 15) is 9.18 Å². The van der Waals surface area contributed by atoms with Crippen molar-refractivity contribution in [1.29, 1.82) is 0 Å². The van der Waals surface area contributed by atoms with Gasteiger partial charge in [-0.1, -0.05) is 0 Å². The normalized spacial score (nSPS) is 16.4. The Morgan fingerprint density at radius 2 is 2.11 bits per heavy atom. The largest absolute Gasteiger partial charge is 0.493 e. The number of benzene rings is 1. The number of carbonyl (C=O) groups is 1. The summed E-state index contributed by atoms with van der Waals surface area (Å²) in [6.45, 7) is 5.16. The van der Waals surface area contributed by atoms with Gasteiger partial charge in [-0.25, -0.2) is 4.39 Å². The van der Waals surface area contributed by atoms with Crippen molar-refractivity contribution in [3.8, 4) is 5.75 Å². The van der Waals surface area contributed by atoms with Gasteiger partial charge in [0.1, 0.15) is 11.6 Å². The standard InChI is InChI=1S/C15H19FO3/c1-10-7-15(13(11(2)17)8-14(10)16)19-9-12-3-5-18-6-4-12/h7-8,12H,3-6,9H2,1-2H3. The summed E-state index contributed by atoms with van der Waals surface area (Å²) in [5.74, 6) is 0.376. The fourth-order valence-corrected chi connectivity index (χ4v) is 2.17. The summed E-state index contributed by atoms with van der Waals surface area (Å²) < 4.78 is 24.5. The number of ether oxygens (including phenoxy) is 2. The number of hydrogen-bond acceptors (Lipinski definition) is 3. The summed E-state index contributed by atoms with van der Waals surface area (Å²) in [5.41, 5.74) is 0.808. The third kappa shape index (κ3) is 3.53. The molecule has 0 bridgehead atoms. The minimum absolute atomic E-state index is 0.180. The number of halogens is 1. The zero-order valence-corrected chi connectivity index (χ0v) is 11.4. The Morgan fingerprint density at radius 1 is 1.42 bits per heavy atom. The van der Waals surface area contributed by atoms with Gasteiger partial charge in [0.15, 0.2) is 5.78 Å². The lowest BCUT2D eigenvalue weighted by Gasteiger charge is -2.22. The molecular formula is C15H19FO3. The van der Waals surface area contributed by atoms with E-state index in [1.54, 1.807) is 13.0 Å². The van der Waals surface area contributed by atoms with Crippen LogP contribution in [0.4, 0.5) is 4.39 Å². The van der Waals surface area contributed by atoms with Gasteiger partial charge < -0.3 is 9.47 Å². The molecular weight excluding hydrogens is 247 g/mol. The van der Waals surface area contributed by atoms with Crippen molar-refractivity contribution in [2.45, 2.75) is 26.7 Å². The van der Waals surface area contributed by atoms with E-state index < -0.39 is 0 Å². The molecule has 0 aliphatic carbocycles. The van der Waals surface area contributed by atoms with E-state index in [0.29, 0.717) is 29.4 Å². The molecule has 0 N–H and O–H groups in total. The van der Waals surface area contributed by atoms with Crippen LogP contribution in [0.3, 0.4) is 0 Å². The fraction of sp³-hybridized carbons (Fsp3) is 0.533. The van der Waals surface area contributed by atoms with Crippen molar-refractivity contribution in [2.24, 2.45) is 5.92 Å². The Morgan fingerprint density at radius 3 is 2.74 bits per heavy atom. The predicted molar refractivity (Wildman–Crippen MR) is 70.2 cm³/mol. The first kappa shape index (κ1) is 14.0. The minimum Gasteiger partial charge on any atom is -0.493 e. The third-order valence-corrected chi connectivity index (χ3v) is 3.46. The van der Waals surface area contributed by atoms with Gasteiger partial charge >= 0.3 is 0 Å². The van der Waals surface area contributed by atoms with Crippen LogP contribution in [0.2, 0.25) is 0 Å². The van der Waals surface area contributed by atoms with Crippen LogP contribution in [-0.4, -0.2) is 25.6 Å². The molecule has 0 amide bonds. The molecule has 1 fully saturated rings. The Labute approximate surface area is 112 Å². The fourth-order valence-electron chi connectivity index (χ4n) is 2.17. The monoisotopic (exact) mass is 266 g/mol. The van der Waals surface area contributed by atoms with Crippen molar-refractivity contribution in [3.05, 3.63) is 29.1 Å². The summed E-state index contributed by atoms with van der Waals surface area (Å²) in [7, 11) is 0. The maximum absolute atomic E-state index is 13.5. The van der Waals surface area contributed by atoms with E-state index in [4.69, 9.17) is 9.47 Å². The maximum atomic E-state index is 13.5. The highest BCUT2D eigenvalue weighted by molar-refractivity contribution is 5.96. The van der Waals surface area contributed by atoms with E-state index in [0.717, 1.165) is 26.1 Å². The topological polar surface area (TPSA) is 35.5 Å². The van der Waals surface area contributed by atoms with Gasteiger partial charge in [0.2, 0.25) is 0 Å². The van der Waals surface area contributed by atoms with Gasteiger partial charge in [-0.3, -0.25) is 4.79 Å². The highest BCUT2D eigenvalue weighted by Crippen LogP contribution is 2.25. The van der Waals surface area contributed by atoms with Crippen molar-refractivity contribution in [2.75, 3.05) is 19.8 Å². The van der Waals surface area contributed by atoms with Crippen LogP contribution < -0.4 is 4.74 Å². The number of Topliss-reactive ketones (excluding diaryl/α,β-unsaturated/α-hetero) is 1. The molecule has 3 nitrogen and oxygen atoms in total. The van der Waals surface area contributed by atoms with E-state index in [1.807, 2.05) is 0 Å². The molecule has 0 unspecified atom stereocenters. The van der Waals surface area contributed by atoms with Gasteiger partial charge in [0, 0.05) is 13.2 Å². The summed E-state index contributed by atoms with van der Waals surface area (Å²) in [4.78, 5) is 11.5. The Bertz CT molecular complexity index is 465. The highest BCUT2D eigenvalue weighted by atomic mass is 19.1. The van der Waals surface area contributed by atoms with Crippen molar-refractivity contribution in [3.63, 3.8) is 0 Å². The third-order valence-electron chi connectivity index (χ3n) is 3.46. The molecule has 1 saturated heterocycles. The molecule has 0 aromatic heterocycles. The number of hydrogen-bond donors (Lipinski definition) is 0. The SMILES string of the molecule is CC(=O)c1cc(F)c(C)cc1OCC1CCOCC1. The molecule has 4 heteroatoms. The van der Waals surface area contributed by atoms with Crippen molar-refractivity contribution < 1.29 is 18.7 Å². The Kier molecular flexibility index (Phi) is 4.53. The zero-order chi connectivity index (χ0) is 13.8. The van der Waals surface area contributed by atoms with Crippen LogP contribution in [0.15, 0.2) is 12.1 Å². The lowest BCUT2D eigenvalue weighted by Crippen LogP contribution is -2.22. The average molecular weight is 266 g/mol. The molecule has 0 atom stereocenters. The highest BCUT2D eigenvalue weighted by Gasteiger charge is 2.17. The van der Waals surface area contributed by atoms with Gasteiger partial charge in [-0.2, -0.15) is 0 Å². The molecule has 1 aromatic rings. The number of ketones is 1. The Hall–Kier alpha value is -1.42. The van der Waals surface area contributed by atoms with Crippen LogP contribution in [0.25, 0.3) is 0 Å². The molecule has 1 heterocycles. The molecule has 104 valence electrons. The Balaban J connectivity index is 2.09. The van der Waals surface area contributed by atoms with E-state index in [-0.39, 0.29) is 11.6 Å². The number of aryl methyl sites for hydroxylation is 1. The maximum Gasteiger partial charge on any atom is 0.163 e. The second-order valence-corrected chi connectivity index (χ2v) is 5.02. The summed E-state index contributed by atoms with van der Waals surface area (Å²) in [6, 6.07) is 2.86. The van der Waals surface area contributed by atoms with Crippen molar-refractivity contribution in [1.82, 2.24) is 0 Å². The molecule has 0 radical (unpaired) electrons. The van der Waals surface area contributed by atoms with Crippen LogP contribution in [0.5, 0.6) is 5.75 Å². The van der Waals surface area contributed by atoms with Gasteiger partial charge in [0.25, 0.3) is 0 Å². The number of carbonyl (C=O) groups excluding carboxylic acids is 1. The molecule has 2 rings (SSSR count). The van der Waals surface area contributed by atoms with Gasteiger partial charge in [-0.15, -0.1) is 0 Å². The lowest BCUT2D eigenvalue weighted by molar-refractivity contribution is 0.0495. The second kappa shape index (κ2) is 6.15. The quantitative estimate of drug-likeness (QED) is 0.785. The molecule has 1 aliphatic rings. The summed E-state index contributed by atoms with van der Waals surface area (Å²) in [6.07, 6.45) is 1.94. The van der Waals surface area contributed by atoms with Crippen LogP contribution in [0, 0.1) is 18.7 Å². The van der Waals surface area contributed by atoms with E-state index in [1.165, 1.54) is 13.0 Å². The number of rotatable bonds is 4. The van der Waals surface area contributed by atoms with E-state index >= 15 is 0 Å². The van der Waals surface area contributed by atoms with E-state index in [2.05, 4.69) is 0 Å². The molecule has 19 heavy (non-hydrogen) atoms. The van der Waals surface area contributed by atoms with Gasteiger partial charge in [-0.05, 0) is 50.3 Å². The molecule has 0 spiro atoms. The smallest absolute Gasteiger partial charge is 0.163 e. The zero-order valence-electron chi connectivity index (χ0n) is 11.4. The van der Waals surface area contributed by atoms with Crippen molar-refractivity contribution >= 4 is 5.78 Å². The second-order valence-electron chi connectivity index (χ2n) is 5.02. The van der Waals surface area contributed by atoms with Crippen LogP contribution in [-0.2, 0) is 4.74 Å². The minimum atomic E-state index is -0.372. The van der Waals surface area contributed by atoms with Crippen LogP contribution >= 0.6 is 0 Å². The lowest BCUT2D eigenvalue weighted by atomic mass is 10.0. The first-order chi connectivity index (χ1) is 9.08. The first-order valence-corrected chi connectivity index (χ1v) is 6.59.